The van der Waals surface area contributed by atoms with Crippen molar-refractivity contribution in [3.05, 3.63) is 60.2 Å². The Morgan fingerprint density at radius 1 is 0.744 bits per heavy atom. The van der Waals surface area contributed by atoms with Crippen LogP contribution in [0.25, 0.3) is 10.8 Å². The van der Waals surface area contributed by atoms with Crippen molar-refractivity contribution >= 4 is 60.2 Å². The second-order valence-electron chi connectivity index (χ2n) is 7.92. The third-order valence-electron chi connectivity index (χ3n) is 5.16. The monoisotopic (exact) mass is 575 g/mol. The number of aryl methyl sites for hydroxylation is 1. The minimum Gasteiger partial charge on any atom is -0.353 e. The number of nitrogens with zero attached hydrogens (tertiary/aromatic N) is 3. The van der Waals surface area contributed by atoms with Gasteiger partial charge in [0.1, 0.15) is 0 Å². The van der Waals surface area contributed by atoms with Crippen LogP contribution in [0, 0.1) is 6.92 Å². The Kier molecular flexibility index (Phi) is 9.36. The Labute approximate surface area is 226 Å². The van der Waals surface area contributed by atoms with Crippen LogP contribution in [0.3, 0.4) is 0 Å². The maximum atomic E-state index is 11.5. The quantitative estimate of drug-likeness (QED) is 0.157. The molecule has 15 heteroatoms. The minimum absolute atomic E-state index is 0.145. The normalized spacial score (nSPS) is 11.4. The molecule has 13 nitrogen and oxygen atoms in total. The summed E-state index contributed by atoms with van der Waals surface area (Å²) in [6, 6.07) is 13.2. The maximum Gasteiger partial charge on any atom is 0.294 e. The molecule has 0 amide bonds. The van der Waals surface area contributed by atoms with E-state index in [1.165, 1.54) is 36.4 Å². The summed E-state index contributed by atoms with van der Waals surface area (Å²) in [5.74, 6) is 0.558. The zero-order chi connectivity index (χ0) is 28.8. The first kappa shape index (κ1) is 29.7. The van der Waals surface area contributed by atoms with Crippen LogP contribution in [0.2, 0.25) is 0 Å². The number of nitrogens with two attached hydrogens (primary N) is 1. The molecule has 1 heterocycles. The highest BCUT2D eigenvalue weighted by Crippen LogP contribution is 2.28. The van der Waals surface area contributed by atoms with Crippen molar-refractivity contribution in [1.82, 2.24) is 15.0 Å². The van der Waals surface area contributed by atoms with Crippen molar-refractivity contribution < 1.29 is 25.9 Å². The van der Waals surface area contributed by atoms with Gasteiger partial charge < -0.3 is 21.7 Å². The van der Waals surface area contributed by atoms with Crippen LogP contribution in [-0.4, -0.2) is 54.0 Å². The SMILES string of the molecule is CC.Cc1cc(Nc2nc(NCCN)nc(Nc3ccc(S(=O)(=O)O)cc3)n2)cc2ccc(S(=O)(=O)O)cc12. The van der Waals surface area contributed by atoms with E-state index in [0.29, 0.717) is 29.9 Å². The summed E-state index contributed by atoms with van der Waals surface area (Å²) in [6.45, 7) is 6.53. The lowest BCUT2D eigenvalue weighted by Gasteiger charge is -2.13. The lowest BCUT2D eigenvalue weighted by molar-refractivity contribution is 0.481. The molecule has 208 valence electrons. The topological polar surface area (TPSA) is 210 Å². The van der Waals surface area contributed by atoms with E-state index < -0.39 is 20.2 Å². The van der Waals surface area contributed by atoms with Crippen molar-refractivity contribution in [2.24, 2.45) is 5.73 Å². The minimum atomic E-state index is -4.33. The highest BCUT2D eigenvalue weighted by Gasteiger charge is 2.13. The van der Waals surface area contributed by atoms with E-state index in [0.717, 1.165) is 10.9 Å². The summed E-state index contributed by atoms with van der Waals surface area (Å²) in [5.41, 5.74) is 7.39. The van der Waals surface area contributed by atoms with E-state index >= 15 is 0 Å². The zero-order valence-corrected chi connectivity index (χ0v) is 23.0. The smallest absolute Gasteiger partial charge is 0.294 e. The summed E-state index contributed by atoms with van der Waals surface area (Å²) in [5, 5.41) is 10.4. The average molecular weight is 576 g/mol. The van der Waals surface area contributed by atoms with Crippen LogP contribution in [0.5, 0.6) is 0 Å². The number of rotatable bonds is 9. The van der Waals surface area contributed by atoms with Gasteiger partial charge in [0, 0.05) is 24.5 Å². The molecule has 0 saturated heterocycles. The van der Waals surface area contributed by atoms with Crippen LogP contribution in [-0.2, 0) is 20.2 Å². The number of nitrogens with one attached hydrogen (secondary N) is 3. The number of hydrogen-bond donors (Lipinski definition) is 6. The van der Waals surface area contributed by atoms with Gasteiger partial charge in [-0.3, -0.25) is 9.11 Å². The molecule has 0 aliphatic rings. The molecule has 0 bridgehead atoms. The van der Waals surface area contributed by atoms with Gasteiger partial charge in [-0.2, -0.15) is 31.8 Å². The number of hydrogen-bond acceptors (Lipinski definition) is 11. The molecule has 0 radical (unpaired) electrons. The number of fused-ring (bicyclic) bond motifs is 1. The molecule has 4 rings (SSSR count). The van der Waals surface area contributed by atoms with Crippen LogP contribution in [0.15, 0.2) is 64.4 Å². The lowest BCUT2D eigenvalue weighted by atomic mass is 10.0. The molecule has 0 atom stereocenters. The summed E-state index contributed by atoms with van der Waals surface area (Å²) in [4.78, 5) is 12.6. The van der Waals surface area contributed by atoms with Gasteiger partial charge in [0.05, 0.1) is 9.79 Å². The molecule has 4 aromatic rings. The Morgan fingerprint density at radius 3 is 1.85 bits per heavy atom. The van der Waals surface area contributed by atoms with Gasteiger partial charge >= 0.3 is 0 Å². The predicted molar refractivity (Wildman–Crippen MR) is 150 cm³/mol. The summed E-state index contributed by atoms with van der Waals surface area (Å²) in [6.07, 6.45) is 0. The first-order valence-corrected chi connectivity index (χ1v) is 14.6. The first-order valence-electron chi connectivity index (χ1n) is 11.8. The van der Waals surface area contributed by atoms with E-state index in [2.05, 4.69) is 30.9 Å². The van der Waals surface area contributed by atoms with Crippen molar-refractivity contribution in [2.75, 3.05) is 29.0 Å². The zero-order valence-electron chi connectivity index (χ0n) is 21.4. The largest absolute Gasteiger partial charge is 0.353 e. The summed E-state index contributed by atoms with van der Waals surface area (Å²) in [7, 11) is -8.65. The van der Waals surface area contributed by atoms with Crippen molar-refractivity contribution in [3.8, 4) is 0 Å². The first-order chi connectivity index (χ1) is 18.4. The standard InChI is InChI=1S/C22H23N7O6S2.C2H6/c1-13-10-16(11-14-2-5-18(12-19(13)14)37(33,34)35)26-22-28-20(24-9-8-23)27-21(29-22)25-15-3-6-17(7-4-15)36(30,31)32;1-2/h2-7,10-12H,8-9,23H2,1H3,(H,30,31,32)(H,33,34,35)(H3,24,25,26,27,28,29);1-2H3. The van der Waals surface area contributed by atoms with E-state index in [9.17, 15) is 21.4 Å². The van der Waals surface area contributed by atoms with Gasteiger partial charge in [0.2, 0.25) is 17.8 Å². The predicted octanol–water partition coefficient (Wildman–Crippen LogP) is 3.71. The molecule has 3 aromatic carbocycles. The summed E-state index contributed by atoms with van der Waals surface area (Å²) >= 11 is 0. The van der Waals surface area contributed by atoms with E-state index in [4.69, 9.17) is 10.3 Å². The third kappa shape index (κ3) is 7.81. The Hall–Kier alpha value is -3.89. The Balaban J connectivity index is 0.00000205. The van der Waals surface area contributed by atoms with Gasteiger partial charge in [0.25, 0.3) is 20.2 Å². The van der Waals surface area contributed by atoms with Crippen molar-refractivity contribution in [3.63, 3.8) is 0 Å². The molecule has 1 aromatic heterocycles. The molecule has 7 N–H and O–H groups in total. The fourth-order valence-electron chi connectivity index (χ4n) is 3.47. The van der Waals surface area contributed by atoms with Gasteiger partial charge in [-0.1, -0.05) is 19.9 Å². The molecular formula is C24H29N7O6S2. The molecule has 0 fully saturated rings. The Bertz CT molecular complexity index is 1680. The fraction of sp³-hybridized carbons (Fsp3) is 0.208. The average Bonchev–Trinajstić information content (AvgIpc) is 2.87. The maximum absolute atomic E-state index is 11.5. The molecule has 0 aliphatic heterocycles. The van der Waals surface area contributed by atoms with Gasteiger partial charge in [-0.25, -0.2) is 0 Å². The van der Waals surface area contributed by atoms with E-state index in [1.54, 1.807) is 25.1 Å². The number of anilines is 5. The molecule has 0 saturated carbocycles. The van der Waals surface area contributed by atoms with Gasteiger partial charge in [-0.15, -0.1) is 0 Å². The van der Waals surface area contributed by atoms with E-state index in [-0.39, 0.29) is 27.6 Å². The number of benzene rings is 3. The number of aromatic nitrogens is 3. The second kappa shape index (κ2) is 12.3. The van der Waals surface area contributed by atoms with Gasteiger partial charge in [0.15, 0.2) is 0 Å². The second-order valence-corrected chi connectivity index (χ2v) is 10.8. The molecule has 0 aliphatic carbocycles. The van der Waals surface area contributed by atoms with Crippen molar-refractivity contribution in [1.29, 1.82) is 0 Å². The molecular weight excluding hydrogens is 546 g/mol. The van der Waals surface area contributed by atoms with Crippen LogP contribution in [0.4, 0.5) is 29.2 Å². The van der Waals surface area contributed by atoms with Crippen LogP contribution >= 0.6 is 0 Å². The van der Waals surface area contributed by atoms with Crippen LogP contribution < -0.4 is 21.7 Å². The highest BCUT2D eigenvalue weighted by atomic mass is 32.2. The Morgan fingerprint density at radius 2 is 1.28 bits per heavy atom. The molecule has 0 unspecified atom stereocenters. The van der Waals surface area contributed by atoms with Gasteiger partial charge in [-0.05, 0) is 71.8 Å². The van der Waals surface area contributed by atoms with Crippen molar-refractivity contribution in [2.45, 2.75) is 30.6 Å². The lowest BCUT2D eigenvalue weighted by Crippen LogP contribution is -2.16. The molecule has 39 heavy (non-hydrogen) atoms. The third-order valence-corrected chi connectivity index (χ3v) is 6.88. The fourth-order valence-corrected chi connectivity index (χ4v) is 4.46. The highest BCUT2D eigenvalue weighted by molar-refractivity contribution is 7.86. The molecule has 0 spiro atoms. The summed E-state index contributed by atoms with van der Waals surface area (Å²) < 4.78 is 64.0. The van der Waals surface area contributed by atoms with Crippen LogP contribution in [0.1, 0.15) is 19.4 Å². The van der Waals surface area contributed by atoms with E-state index in [1.807, 2.05) is 13.8 Å².